The van der Waals surface area contributed by atoms with Crippen LogP contribution in [-0.2, 0) is 0 Å². The Bertz CT molecular complexity index is 256. The molecule has 3 unspecified atom stereocenters. The van der Waals surface area contributed by atoms with Gasteiger partial charge in [0.2, 0.25) is 0 Å². The molecule has 0 spiro atoms. The van der Waals surface area contributed by atoms with Crippen molar-refractivity contribution in [1.82, 2.24) is 4.90 Å². The lowest BCUT2D eigenvalue weighted by atomic mass is 9.77. The molecule has 3 aliphatic rings. The maximum atomic E-state index is 2.79. The normalized spacial score (nSPS) is 42.9. The highest BCUT2D eigenvalue weighted by Gasteiger charge is 2.39. The first-order valence-electron chi connectivity index (χ1n) is 6.27. The molecule has 1 heteroatoms. The number of hydrogen-bond donors (Lipinski definition) is 0. The monoisotopic (exact) mass is 191 g/mol. The van der Waals surface area contributed by atoms with Crippen LogP contribution in [0.4, 0.5) is 0 Å². The Morgan fingerprint density at radius 3 is 2.93 bits per heavy atom. The smallest absolute Gasteiger partial charge is 0.0287 e. The van der Waals surface area contributed by atoms with Gasteiger partial charge < -0.3 is 0 Å². The number of piperidine rings is 1. The van der Waals surface area contributed by atoms with Gasteiger partial charge in [-0.3, -0.25) is 4.90 Å². The SMILES string of the molecule is CC1=CC2CCC3CCCCC3N2C1. The average Bonchev–Trinajstić information content (AvgIpc) is 2.59. The molecule has 0 aromatic rings. The van der Waals surface area contributed by atoms with Crippen molar-refractivity contribution in [2.45, 2.75) is 57.5 Å². The summed E-state index contributed by atoms with van der Waals surface area (Å²) in [6.07, 6.45) is 11.4. The van der Waals surface area contributed by atoms with Crippen LogP contribution in [0, 0.1) is 5.92 Å². The predicted octanol–water partition coefficient (Wildman–Crippen LogP) is 2.97. The Morgan fingerprint density at radius 2 is 2.00 bits per heavy atom. The van der Waals surface area contributed by atoms with E-state index in [4.69, 9.17) is 0 Å². The van der Waals surface area contributed by atoms with Crippen molar-refractivity contribution in [3.8, 4) is 0 Å². The summed E-state index contributed by atoms with van der Waals surface area (Å²) in [6.45, 7) is 3.57. The molecule has 3 atom stereocenters. The minimum absolute atomic E-state index is 0.814. The summed E-state index contributed by atoms with van der Waals surface area (Å²) >= 11 is 0. The molecule has 1 saturated heterocycles. The van der Waals surface area contributed by atoms with Crippen molar-refractivity contribution in [1.29, 1.82) is 0 Å². The highest BCUT2D eigenvalue weighted by Crippen LogP contribution is 2.40. The van der Waals surface area contributed by atoms with Crippen LogP contribution in [0.5, 0.6) is 0 Å². The Morgan fingerprint density at radius 1 is 1.14 bits per heavy atom. The first kappa shape index (κ1) is 8.96. The summed E-state index contributed by atoms with van der Waals surface area (Å²) in [5, 5.41) is 0. The average molecular weight is 191 g/mol. The van der Waals surface area contributed by atoms with Gasteiger partial charge in [-0.05, 0) is 38.5 Å². The molecule has 1 saturated carbocycles. The summed E-state index contributed by atoms with van der Waals surface area (Å²) in [5.74, 6) is 1.04. The number of fused-ring (bicyclic) bond motifs is 3. The second kappa shape index (κ2) is 3.37. The van der Waals surface area contributed by atoms with E-state index in [0.717, 1.165) is 18.0 Å². The number of hydrogen-bond acceptors (Lipinski definition) is 1. The lowest BCUT2D eigenvalue weighted by Gasteiger charge is -2.45. The highest BCUT2D eigenvalue weighted by atomic mass is 15.2. The molecule has 3 rings (SSSR count). The van der Waals surface area contributed by atoms with E-state index in [9.17, 15) is 0 Å². The van der Waals surface area contributed by atoms with Gasteiger partial charge in [0.25, 0.3) is 0 Å². The fraction of sp³-hybridized carbons (Fsp3) is 0.846. The van der Waals surface area contributed by atoms with E-state index in [2.05, 4.69) is 17.9 Å². The summed E-state index contributed by atoms with van der Waals surface area (Å²) in [6, 6.07) is 1.76. The minimum Gasteiger partial charge on any atom is -0.290 e. The first-order chi connectivity index (χ1) is 6.84. The zero-order valence-electron chi connectivity index (χ0n) is 9.21. The van der Waals surface area contributed by atoms with Crippen LogP contribution in [0.2, 0.25) is 0 Å². The first-order valence-corrected chi connectivity index (χ1v) is 6.27. The van der Waals surface area contributed by atoms with Crippen LogP contribution in [0.25, 0.3) is 0 Å². The van der Waals surface area contributed by atoms with Crippen molar-refractivity contribution in [3.63, 3.8) is 0 Å². The zero-order valence-corrected chi connectivity index (χ0v) is 9.21. The van der Waals surface area contributed by atoms with Gasteiger partial charge in [0, 0.05) is 18.6 Å². The van der Waals surface area contributed by atoms with Gasteiger partial charge in [0.1, 0.15) is 0 Å². The number of nitrogens with zero attached hydrogens (tertiary/aromatic N) is 1. The van der Waals surface area contributed by atoms with Crippen molar-refractivity contribution in [3.05, 3.63) is 11.6 Å². The summed E-state index contributed by atoms with van der Waals surface area (Å²) in [4.78, 5) is 2.79. The standard InChI is InChI=1S/C13H21N/c1-10-8-12-7-6-11-4-2-3-5-13(11)14(12)9-10/h8,11-13H,2-7,9H2,1H3. The Kier molecular flexibility index (Phi) is 2.16. The summed E-state index contributed by atoms with van der Waals surface area (Å²) in [7, 11) is 0. The van der Waals surface area contributed by atoms with Gasteiger partial charge >= 0.3 is 0 Å². The van der Waals surface area contributed by atoms with E-state index in [1.807, 2.05) is 0 Å². The van der Waals surface area contributed by atoms with Crippen LogP contribution in [0.1, 0.15) is 45.4 Å². The Labute approximate surface area is 87.2 Å². The van der Waals surface area contributed by atoms with Crippen molar-refractivity contribution in [2.24, 2.45) is 5.92 Å². The van der Waals surface area contributed by atoms with Crippen molar-refractivity contribution >= 4 is 0 Å². The van der Waals surface area contributed by atoms with Gasteiger partial charge in [-0.2, -0.15) is 0 Å². The van der Waals surface area contributed by atoms with Crippen LogP contribution in [-0.4, -0.2) is 23.5 Å². The molecule has 2 aliphatic heterocycles. The Balaban J connectivity index is 1.79. The minimum atomic E-state index is 0.814. The molecule has 1 aliphatic carbocycles. The lowest BCUT2D eigenvalue weighted by Crippen LogP contribution is -2.49. The molecule has 14 heavy (non-hydrogen) atoms. The fourth-order valence-corrected chi connectivity index (χ4v) is 3.84. The molecule has 0 amide bonds. The molecule has 0 bridgehead atoms. The van der Waals surface area contributed by atoms with Crippen LogP contribution in [0.3, 0.4) is 0 Å². The second-order valence-corrected chi connectivity index (χ2v) is 5.44. The molecular weight excluding hydrogens is 170 g/mol. The molecule has 0 N–H and O–H groups in total. The third kappa shape index (κ3) is 1.33. The molecule has 0 radical (unpaired) electrons. The van der Waals surface area contributed by atoms with E-state index in [-0.39, 0.29) is 0 Å². The van der Waals surface area contributed by atoms with E-state index < -0.39 is 0 Å². The molecule has 78 valence electrons. The van der Waals surface area contributed by atoms with Gasteiger partial charge in [0.05, 0.1) is 0 Å². The molecule has 1 nitrogen and oxygen atoms in total. The lowest BCUT2D eigenvalue weighted by molar-refractivity contribution is 0.0504. The van der Waals surface area contributed by atoms with Crippen LogP contribution in [0.15, 0.2) is 11.6 Å². The number of rotatable bonds is 0. The maximum absolute atomic E-state index is 2.79. The van der Waals surface area contributed by atoms with E-state index in [0.29, 0.717) is 0 Å². The molecule has 2 fully saturated rings. The van der Waals surface area contributed by atoms with Crippen molar-refractivity contribution < 1.29 is 0 Å². The third-order valence-electron chi connectivity index (χ3n) is 4.46. The van der Waals surface area contributed by atoms with Crippen molar-refractivity contribution in [2.75, 3.05) is 6.54 Å². The largest absolute Gasteiger partial charge is 0.290 e. The summed E-state index contributed by atoms with van der Waals surface area (Å²) < 4.78 is 0. The van der Waals surface area contributed by atoms with Crippen LogP contribution >= 0.6 is 0 Å². The predicted molar refractivity (Wildman–Crippen MR) is 59.2 cm³/mol. The maximum Gasteiger partial charge on any atom is 0.0287 e. The zero-order chi connectivity index (χ0) is 9.54. The fourth-order valence-electron chi connectivity index (χ4n) is 3.84. The highest BCUT2D eigenvalue weighted by molar-refractivity contribution is 5.17. The summed E-state index contributed by atoms with van der Waals surface area (Å²) in [5.41, 5.74) is 1.61. The quantitative estimate of drug-likeness (QED) is 0.532. The topological polar surface area (TPSA) is 3.24 Å². The third-order valence-corrected chi connectivity index (χ3v) is 4.46. The Hall–Kier alpha value is -0.300. The second-order valence-electron chi connectivity index (χ2n) is 5.44. The van der Waals surface area contributed by atoms with Gasteiger partial charge in [-0.1, -0.05) is 24.5 Å². The molecule has 0 aromatic carbocycles. The van der Waals surface area contributed by atoms with E-state index in [1.54, 1.807) is 5.57 Å². The van der Waals surface area contributed by atoms with E-state index >= 15 is 0 Å². The molecule has 0 aromatic heterocycles. The molecular formula is C13H21N. The van der Waals surface area contributed by atoms with Gasteiger partial charge in [0.15, 0.2) is 0 Å². The molecule has 2 heterocycles. The van der Waals surface area contributed by atoms with Gasteiger partial charge in [-0.25, -0.2) is 0 Å². The van der Waals surface area contributed by atoms with E-state index in [1.165, 1.54) is 45.1 Å². The van der Waals surface area contributed by atoms with Crippen LogP contribution < -0.4 is 0 Å². The van der Waals surface area contributed by atoms with Gasteiger partial charge in [-0.15, -0.1) is 0 Å².